The average molecular weight is 262 g/mol. The molecule has 0 radical (unpaired) electrons. The summed E-state index contributed by atoms with van der Waals surface area (Å²) in [6, 6.07) is 3.63. The molecule has 0 saturated carbocycles. The zero-order chi connectivity index (χ0) is 10.0. The van der Waals surface area contributed by atoms with E-state index in [1.165, 1.54) is 0 Å². The van der Waals surface area contributed by atoms with Gasteiger partial charge in [-0.05, 0) is 35.0 Å². The standard InChI is InChI=1S/C9H10BrClN2/c1-5(13-2)8-7(12)4-3-6(10)9(8)11/h3-4H,12H2,1-2H3. The summed E-state index contributed by atoms with van der Waals surface area (Å²) in [5.41, 5.74) is 8.07. The molecule has 1 rings (SSSR count). The van der Waals surface area contributed by atoms with Crippen molar-refractivity contribution in [3.63, 3.8) is 0 Å². The first kappa shape index (κ1) is 10.5. The fourth-order valence-corrected chi connectivity index (χ4v) is 1.68. The third-order valence-electron chi connectivity index (χ3n) is 1.82. The molecule has 2 nitrogen and oxygen atoms in total. The van der Waals surface area contributed by atoms with E-state index in [0.717, 1.165) is 15.7 Å². The molecule has 0 amide bonds. The molecule has 0 heterocycles. The van der Waals surface area contributed by atoms with Crippen LogP contribution < -0.4 is 5.73 Å². The Morgan fingerprint density at radius 2 is 2.15 bits per heavy atom. The monoisotopic (exact) mass is 260 g/mol. The van der Waals surface area contributed by atoms with Gasteiger partial charge in [0.05, 0.1) is 5.02 Å². The van der Waals surface area contributed by atoms with Gasteiger partial charge in [-0.15, -0.1) is 0 Å². The summed E-state index contributed by atoms with van der Waals surface area (Å²) in [5, 5.41) is 0.614. The smallest absolute Gasteiger partial charge is 0.0659 e. The van der Waals surface area contributed by atoms with E-state index in [0.29, 0.717) is 10.7 Å². The molecular weight excluding hydrogens is 251 g/mol. The topological polar surface area (TPSA) is 38.4 Å². The molecule has 1 aromatic rings. The van der Waals surface area contributed by atoms with Crippen molar-refractivity contribution in [3.8, 4) is 0 Å². The molecular formula is C9H10BrClN2. The zero-order valence-corrected chi connectivity index (χ0v) is 9.78. The van der Waals surface area contributed by atoms with Crippen LogP contribution in [0, 0.1) is 0 Å². The Bertz CT molecular complexity index is 361. The highest BCUT2D eigenvalue weighted by molar-refractivity contribution is 9.10. The molecule has 0 unspecified atom stereocenters. The Balaban J connectivity index is 3.42. The SMILES string of the molecule is CN=C(C)c1c(N)ccc(Br)c1Cl. The first-order valence-electron chi connectivity index (χ1n) is 3.75. The molecule has 0 fully saturated rings. The Morgan fingerprint density at radius 3 is 2.69 bits per heavy atom. The highest BCUT2D eigenvalue weighted by Gasteiger charge is 2.10. The summed E-state index contributed by atoms with van der Waals surface area (Å²) in [4.78, 5) is 4.05. The van der Waals surface area contributed by atoms with Gasteiger partial charge in [0, 0.05) is 28.5 Å². The lowest BCUT2D eigenvalue weighted by atomic mass is 10.1. The minimum atomic E-state index is 0.614. The predicted molar refractivity (Wildman–Crippen MR) is 61.7 cm³/mol. The van der Waals surface area contributed by atoms with Crippen molar-refractivity contribution in [1.29, 1.82) is 0 Å². The lowest BCUT2D eigenvalue weighted by Crippen LogP contribution is -2.02. The molecule has 0 atom stereocenters. The van der Waals surface area contributed by atoms with Gasteiger partial charge in [-0.2, -0.15) is 0 Å². The second-order valence-electron chi connectivity index (χ2n) is 2.63. The van der Waals surface area contributed by atoms with Crippen LogP contribution in [0.15, 0.2) is 21.6 Å². The molecule has 70 valence electrons. The summed E-state index contributed by atoms with van der Waals surface area (Å²) in [6.45, 7) is 1.88. The number of benzene rings is 1. The maximum absolute atomic E-state index is 6.06. The third-order valence-corrected chi connectivity index (χ3v) is 3.11. The maximum Gasteiger partial charge on any atom is 0.0659 e. The van der Waals surface area contributed by atoms with Crippen molar-refractivity contribution >= 4 is 38.9 Å². The van der Waals surface area contributed by atoms with Gasteiger partial charge in [-0.1, -0.05) is 11.6 Å². The number of hydrogen-bond acceptors (Lipinski definition) is 2. The van der Waals surface area contributed by atoms with E-state index >= 15 is 0 Å². The fraction of sp³-hybridized carbons (Fsp3) is 0.222. The summed E-state index contributed by atoms with van der Waals surface area (Å²) >= 11 is 9.40. The third kappa shape index (κ3) is 2.03. The molecule has 1 aromatic carbocycles. The molecule has 0 aliphatic rings. The number of nitrogen functional groups attached to an aromatic ring is 1. The van der Waals surface area contributed by atoms with Crippen molar-refractivity contribution in [2.24, 2.45) is 4.99 Å². The molecule has 0 saturated heterocycles. The van der Waals surface area contributed by atoms with Crippen LogP contribution >= 0.6 is 27.5 Å². The predicted octanol–water partition coefficient (Wildman–Crippen LogP) is 3.12. The summed E-state index contributed by atoms with van der Waals surface area (Å²) in [5.74, 6) is 0. The molecule has 0 bridgehead atoms. The van der Waals surface area contributed by atoms with Gasteiger partial charge in [0.15, 0.2) is 0 Å². The number of anilines is 1. The van der Waals surface area contributed by atoms with Crippen LogP contribution in [0.2, 0.25) is 5.02 Å². The molecule has 0 aliphatic heterocycles. The number of halogens is 2. The van der Waals surface area contributed by atoms with Gasteiger partial charge in [0.2, 0.25) is 0 Å². The number of rotatable bonds is 1. The summed E-state index contributed by atoms with van der Waals surface area (Å²) in [7, 11) is 1.71. The normalized spacial score (nSPS) is 11.8. The molecule has 0 aliphatic carbocycles. The van der Waals surface area contributed by atoms with Crippen molar-refractivity contribution in [2.45, 2.75) is 6.92 Å². The number of nitrogens with two attached hydrogens (primary N) is 1. The largest absolute Gasteiger partial charge is 0.398 e. The van der Waals surface area contributed by atoms with E-state index in [1.54, 1.807) is 13.1 Å². The first-order valence-corrected chi connectivity index (χ1v) is 4.92. The Labute approximate surface area is 90.9 Å². The van der Waals surface area contributed by atoms with Gasteiger partial charge < -0.3 is 5.73 Å². The number of hydrogen-bond donors (Lipinski definition) is 1. The Hall–Kier alpha value is -0.540. The second-order valence-corrected chi connectivity index (χ2v) is 3.87. The van der Waals surface area contributed by atoms with Crippen LogP contribution in [-0.2, 0) is 0 Å². The van der Waals surface area contributed by atoms with Crippen LogP contribution in [-0.4, -0.2) is 12.8 Å². The quantitative estimate of drug-likeness (QED) is 0.612. The van der Waals surface area contributed by atoms with Crippen LogP contribution in [0.1, 0.15) is 12.5 Å². The van der Waals surface area contributed by atoms with Crippen molar-refractivity contribution in [2.75, 3.05) is 12.8 Å². The van der Waals surface area contributed by atoms with Gasteiger partial charge in [-0.3, -0.25) is 4.99 Å². The van der Waals surface area contributed by atoms with E-state index in [-0.39, 0.29) is 0 Å². The van der Waals surface area contributed by atoms with E-state index in [4.69, 9.17) is 17.3 Å². The van der Waals surface area contributed by atoms with E-state index in [1.807, 2.05) is 13.0 Å². The zero-order valence-electron chi connectivity index (χ0n) is 7.44. The van der Waals surface area contributed by atoms with E-state index in [9.17, 15) is 0 Å². The molecule has 4 heteroatoms. The van der Waals surface area contributed by atoms with Crippen molar-refractivity contribution < 1.29 is 0 Å². The number of aliphatic imine (C=N–C) groups is 1. The molecule has 0 aromatic heterocycles. The van der Waals surface area contributed by atoms with Crippen molar-refractivity contribution in [3.05, 3.63) is 27.2 Å². The van der Waals surface area contributed by atoms with E-state index in [2.05, 4.69) is 20.9 Å². The number of nitrogens with zero attached hydrogens (tertiary/aromatic N) is 1. The molecule has 13 heavy (non-hydrogen) atoms. The second kappa shape index (κ2) is 4.11. The first-order chi connectivity index (χ1) is 6.07. The van der Waals surface area contributed by atoms with Crippen LogP contribution in [0.25, 0.3) is 0 Å². The fourth-order valence-electron chi connectivity index (χ4n) is 1.05. The van der Waals surface area contributed by atoms with Gasteiger partial charge in [0.1, 0.15) is 0 Å². The van der Waals surface area contributed by atoms with Crippen LogP contribution in [0.3, 0.4) is 0 Å². The van der Waals surface area contributed by atoms with Crippen LogP contribution in [0.4, 0.5) is 5.69 Å². The Kier molecular flexibility index (Phi) is 3.33. The van der Waals surface area contributed by atoms with E-state index < -0.39 is 0 Å². The van der Waals surface area contributed by atoms with Gasteiger partial charge in [-0.25, -0.2) is 0 Å². The Morgan fingerprint density at radius 1 is 1.54 bits per heavy atom. The highest BCUT2D eigenvalue weighted by Crippen LogP contribution is 2.30. The van der Waals surface area contributed by atoms with Gasteiger partial charge >= 0.3 is 0 Å². The maximum atomic E-state index is 6.06. The minimum Gasteiger partial charge on any atom is -0.398 e. The summed E-state index contributed by atoms with van der Waals surface area (Å²) < 4.78 is 0.835. The minimum absolute atomic E-state index is 0.614. The summed E-state index contributed by atoms with van der Waals surface area (Å²) in [6.07, 6.45) is 0. The lowest BCUT2D eigenvalue weighted by molar-refractivity contribution is 1.41. The average Bonchev–Trinajstić information content (AvgIpc) is 2.12. The van der Waals surface area contributed by atoms with Gasteiger partial charge in [0.25, 0.3) is 0 Å². The molecule has 2 N–H and O–H groups in total. The van der Waals surface area contributed by atoms with Crippen molar-refractivity contribution in [1.82, 2.24) is 0 Å². The highest BCUT2D eigenvalue weighted by atomic mass is 79.9. The lowest BCUT2D eigenvalue weighted by Gasteiger charge is -2.08. The van der Waals surface area contributed by atoms with Crippen LogP contribution in [0.5, 0.6) is 0 Å². The molecule has 0 spiro atoms.